The Morgan fingerprint density at radius 2 is 1.12 bits per heavy atom. The van der Waals surface area contributed by atoms with E-state index in [1.54, 1.807) is 0 Å². The fraction of sp³-hybridized carbons (Fsp3) is 0.864. The molecule has 7 nitrogen and oxygen atoms in total. The summed E-state index contributed by atoms with van der Waals surface area (Å²) in [4.78, 5) is 15.0. The molecule has 0 saturated carbocycles. The van der Waals surface area contributed by atoms with E-state index in [1.807, 2.05) is 0 Å². The first kappa shape index (κ1) is 48.3. The van der Waals surface area contributed by atoms with Gasteiger partial charge in [0, 0.05) is 12.8 Å². The molecule has 0 unspecified atom stereocenters. The lowest BCUT2D eigenvalue weighted by Crippen LogP contribution is -2.37. The van der Waals surface area contributed by atoms with E-state index >= 15 is 0 Å². The van der Waals surface area contributed by atoms with Gasteiger partial charge in [-0.15, -0.1) is 0 Å². The quantitative estimate of drug-likeness (QED) is 0.0284. The minimum atomic E-state index is -3.91. The first-order chi connectivity index (χ1) is 25.4. The van der Waals surface area contributed by atoms with Crippen molar-refractivity contribution in [1.82, 2.24) is 10.2 Å². The van der Waals surface area contributed by atoms with Crippen LogP contribution in [0.2, 0.25) is 0 Å². The van der Waals surface area contributed by atoms with Crippen molar-refractivity contribution in [2.75, 3.05) is 38.5 Å². The van der Waals surface area contributed by atoms with Crippen molar-refractivity contribution >= 4 is 21.9 Å². The lowest BCUT2D eigenvalue weighted by Gasteiger charge is -2.15. The number of unbranched alkanes of at least 4 members (excludes halogenated alkanes) is 23. The summed E-state index contributed by atoms with van der Waals surface area (Å²) in [6.45, 7) is 8.72. The number of nitrogens with zero attached hydrogens (tertiary/aromatic N) is 2. The van der Waals surface area contributed by atoms with Gasteiger partial charge in [-0.1, -0.05) is 141 Å². The fourth-order valence-corrected chi connectivity index (χ4v) is 7.78. The maximum atomic E-state index is 12.6. The smallest absolute Gasteiger partial charge is 0.264 e. The van der Waals surface area contributed by atoms with Gasteiger partial charge in [0.2, 0.25) is 11.7 Å². The Morgan fingerprint density at radius 1 is 0.654 bits per heavy atom. The van der Waals surface area contributed by atoms with E-state index in [9.17, 15) is 13.2 Å². The van der Waals surface area contributed by atoms with Crippen LogP contribution in [0.25, 0.3) is 0 Å². The number of hydrogen-bond acceptors (Lipinski definition) is 4. The normalized spacial score (nSPS) is 13.8. The van der Waals surface area contributed by atoms with E-state index < -0.39 is 10.1 Å². The summed E-state index contributed by atoms with van der Waals surface area (Å²) in [6, 6.07) is 0. The number of amidine groups is 1. The highest BCUT2D eigenvalue weighted by Crippen LogP contribution is 2.15. The van der Waals surface area contributed by atoms with Crippen molar-refractivity contribution < 1.29 is 22.3 Å². The lowest BCUT2D eigenvalue weighted by molar-refractivity contribution is -0.519. The van der Waals surface area contributed by atoms with E-state index in [4.69, 9.17) is 4.55 Å². The lowest BCUT2D eigenvalue weighted by atomic mass is 10.1. The standard InChI is InChI=1S/C44H83N3O4S/c1-3-5-7-9-11-13-15-17-19-21-23-25-27-29-31-35-43(48)45-37-39-47-41-40-46(38-33-34-42-52(49,50)51)44(47)36-32-30-28-26-24-22-20-18-16-14-12-10-8-6-4-2/h17-20H,3-16,21-42H2,1-2H3,(H-,45,48,49,50,51)/p+1/b19-17-,20-18-. The third-order valence-corrected chi connectivity index (χ3v) is 11.3. The second-order valence-corrected chi connectivity index (χ2v) is 17.0. The molecule has 52 heavy (non-hydrogen) atoms. The highest BCUT2D eigenvalue weighted by Gasteiger charge is 2.29. The predicted octanol–water partition coefficient (Wildman–Crippen LogP) is 11.6. The first-order valence-electron chi connectivity index (χ1n) is 22.2. The fourth-order valence-electron chi connectivity index (χ4n) is 7.21. The van der Waals surface area contributed by atoms with E-state index in [0.717, 1.165) is 58.3 Å². The van der Waals surface area contributed by atoms with Crippen LogP contribution in [-0.4, -0.2) is 72.7 Å². The maximum absolute atomic E-state index is 12.6. The molecule has 0 atom stereocenters. The van der Waals surface area contributed by atoms with Crippen molar-refractivity contribution in [3.05, 3.63) is 24.3 Å². The third-order valence-electron chi connectivity index (χ3n) is 10.5. The molecular formula is C44H84N3O4S+. The van der Waals surface area contributed by atoms with Crippen LogP contribution < -0.4 is 5.32 Å². The molecule has 0 aromatic heterocycles. The van der Waals surface area contributed by atoms with Crippen molar-refractivity contribution in [2.45, 2.75) is 206 Å². The van der Waals surface area contributed by atoms with Gasteiger partial charge >= 0.3 is 0 Å². The number of hydrogen-bond donors (Lipinski definition) is 2. The van der Waals surface area contributed by atoms with Crippen molar-refractivity contribution in [3.8, 4) is 0 Å². The third kappa shape index (κ3) is 30.8. The molecule has 0 fully saturated rings. The molecule has 0 bridgehead atoms. The highest BCUT2D eigenvalue weighted by atomic mass is 32.2. The number of carbonyl (C=O) groups excluding carboxylic acids is 1. The van der Waals surface area contributed by atoms with Crippen LogP contribution in [0.3, 0.4) is 0 Å². The van der Waals surface area contributed by atoms with Crippen LogP contribution in [0.4, 0.5) is 0 Å². The van der Waals surface area contributed by atoms with Gasteiger partial charge in [0.25, 0.3) is 10.1 Å². The molecule has 0 aromatic rings. The van der Waals surface area contributed by atoms with Gasteiger partial charge < -0.3 is 5.32 Å². The zero-order valence-electron chi connectivity index (χ0n) is 34.2. The Hall–Kier alpha value is -1.67. The summed E-state index contributed by atoms with van der Waals surface area (Å²) >= 11 is 0. The van der Waals surface area contributed by atoms with Gasteiger partial charge in [-0.3, -0.25) is 18.8 Å². The summed E-state index contributed by atoms with van der Waals surface area (Å²) in [5.41, 5.74) is 0. The largest absolute Gasteiger partial charge is 0.352 e. The SMILES string of the molecule is CCCCCCCC/C=C\CCCCCCCC(=O)NCCN1CC[N+](CCCCS(=O)(=O)O)=C1CCCCCCC/C=C\CCCCCCCC. The van der Waals surface area contributed by atoms with Gasteiger partial charge in [-0.05, 0) is 77.0 Å². The van der Waals surface area contributed by atoms with E-state index in [-0.39, 0.29) is 11.7 Å². The number of nitrogens with one attached hydrogen (secondary N) is 1. The number of amides is 1. The molecule has 1 amide bonds. The van der Waals surface area contributed by atoms with Gasteiger partial charge in [0.05, 0.1) is 18.8 Å². The first-order valence-corrected chi connectivity index (χ1v) is 23.9. The average Bonchev–Trinajstić information content (AvgIpc) is 3.50. The van der Waals surface area contributed by atoms with Gasteiger partial charge in [0.15, 0.2) is 0 Å². The minimum Gasteiger partial charge on any atom is -0.352 e. The molecule has 8 heteroatoms. The highest BCUT2D eigenvalue weighted by molar-refractivity contribution is 7.85. The molecule has 2 N–H and O–H groups in total. The van der Waals surface area contributed by atoms with Crippen LogP contribution in [0.1, 0.15) is 206 Å². The number of carbonyl (C=O) groups is 1. The number of allylic oxidation sites excluding steroid dienone is 4. The Morgan fingerprint density at radius 3 is 1.62 bits per heavy atom. The Kier molecular flexibility index (Phi) is 32.6. The molecule has 0 saturated heterocycles. The van der Waals surface area contributed by atoms with Crippen molar-refractivity contribution in [1.29, 1.82) is 0 Å². The van der Waals surface area contributed by atoms with Crippen LogP contribution >= 0.6 is 0 Å². The van der Waals surface area contributed by atoms with Crippen LogP contribution in [-0.2, 0) is 14.9 Å². The average molecular weight is 751 g/mol. The zero-order valence-corrected chi connectivity index (χ0v) is 35.1. The summed E-state index contributed by atoms with van der Waals surface area (Å²) in [6.07, 6.45) is 45.6. The minimum absolute atomic E-state index is 0.165. The number of rotatable bonds is 38. The summed E-state index contributed by atoms with van der Waals surface area (Å²) in [5.74, 6) is 1.34. The summed E-state index contributed by atoms with van der Waals surface area (Å²) in [5, 5.41) is 3.16. The second-order valence-electron chi connectivity index (χ2n) is 15.4. The van der Waals surface area contributed by atoms with Crippen LogP contribution in [0.15, 0.2) is 24.3 Å². The molecule has 1 heterocycles. The second kappa shape index (κ2) is 35.1. The maximum Gasteiger partial charge on any atom is 0.264 e. The topological polar surface area (TPSA) is 89.7 Å². The summed E-state index contributed by atoms with van der Waals surface area (Å²) < 4.78 is 33.9. The monoisotopic (exact) mass is 751 g/mol. The molecule has 0 aromatic carbocycles. The molecule has 0 radical (unpaired) electrons. The Balaban J connectivity index is 2.24. The van der Waals surface area contributed by atoms with E-state index in [0.29, 0.717) is 19.4 Å². The molecular weight excluding hydrogens is 667 g/mol. The van der Waals surface area contributed by atoms with Crippen molar-refractivity contribution in [3.63, 3.8) is 0 Å². The Labute approximate surface area is 322 Å². The van der Waals surface area contributed by atoms with Gasteiger partial charge in [-0.2, -0.15) is 8.42 Å². The molecule has 1 aliphatic rings. The zero-order chi connectivity index (χ0) is 37.8. The predicted molar refractivity (Wildman–Crippen MR) is 224 cm³/mol. The molecule has 0 aliphatic carbocycles. The summed E-state index contributed by atoms with van der Waals surface area (Å²) in [7, 11) is -3.91. The Bertz CT molecular complexity index is 1040. The van der Waals surface area contributed by atoms with Crippen LogP contribution in [0.5, 0.6) is 0 Å². The van der Waals surface area contributed by atoms with Crippen LogP contribution in [0, 0.1) is 0 Å². The van der Waals surface area contributed by atoms with Gasteiger partial charge in [0.1, 0.15) is 19.6 Å². The van der Waals surface area contributed by atoms with Gasteiger partial charge in [-0.25, -0.2) is 0 Å². The van der Waals surface area contributed by atoms with E-state index in [1.165, 1.54) is 154 Å². The van der Waals surface area contributed by atoms with E-state index in [2.05, 4.69) is 52.9 Å². The molecule has 1 rings (SSSR count). The van der Waals surface area contributed by atoms with Crippen molar-refractivity contribution in [2.24, 2.45) is 0 Å². The molecule has 1 aliphatic heterocycles. The molecule has 304 valence electrons. The molecule has 0 spiro atoms.